The second kappa shape index (κ2) is 8.02. The molecule has 1 rings (SSSR count). The first kappa shape index (κ1) is 14.9. The van der Waals surface area contributed by atoms with Gasteiger partial charge in [0.2, 0.25) is 0 Å². The van der Waals surface area contributed by atoms with Crippen LogP contribution < -0.4 is 16.4 Å². The zero-order chi connectivity index (χ0) is 13.4. The number of carbonyl (C=O) groups excluding carboxylic acids is 2. The summed E-state index contributed by atoms with van der Waals surface area (Å²) in [4.78, 5) is 23.2. The van der Waals surface area contributed by atoms with Gasteiger partial charge in [0.1, 0.15) is 0 Å². The number of carbonyl (C=O) groups is 2. The lowest BCUT2D eigenvalue weighted by Crippen LogP contribution is -2.46. The van der Waals surface area contributed by atoms with E-state index in [0.717, 1.165) is 25.7 Å². The van der Waals surface area contributed by atoms with Crippen molar-refractivity contribution in [2.45, 2.75) is 51.0 Å². The Morgan fingerprint density at radius 3 is 2.17 bits per heavy atom. The molecule has 5 nitrogen and oxygen atoms in total. The Morgan fingerprint density at radius 2 is 1.61 bits per heavy atom. The Labute approximate surface area is 113 Å². The minimum atomic E-state index is -0.662. The van der Waals surface area contributed by atoms with Crippen molar-refractivity contribution in [3.8, 4) is 0 Å². The molecule has 0 radical (unpaired) electrons. The van der Waals surface area contributed by atoms with Crippen molar-refractivity contribution in [1.82, 2.24) is 10.6 Å². The number of hydrogen-bond acceptors (Lipinski definition) is 3. The molecule has 0 unspecified atom stereocenters. The molecule has 18 heavy (non-hydrogen) atoms. The van der Waals surface area contributed by atoms with E-state index in [1.807, 2.05) is 0 Å². The van der Waals surface area contributed by atoms with Crippen LogP contribution in [0.15, 0.2) is 0 Å². The standard InChI is InChI=1S/C12H21N3O2S/c13-10(18)8-14-11(16)12(17)15-9-6-4-2-1-3-5-7-9/h9H,1-8H2,(H2,13,18)(H,14,16)(H,15,17). The number of hydrogen-bond donors (Lipinski definition) is 3. The van der Waals surface area contributed by atoms with Crippen LogP contribution in [0, 0.1) is 0 Å². The van der Waals surface area contributed by atoms with E-state index >= 15 is 0 Å². The van der Waals surface area contributed by atoms with E-state index < -0.39 is 11.8 Å². The summed E-state index contributed by atoms with van der Waals surface area (Å²) >= 11 is 4.63. The first-order valence-electron chi connectivity index (χ1n) is 6.46. The topological polar surface area (TPSA) is 84.2 Å². The molecule has 1 aliphatic rings. The van der Waals surface area contributed by atoms with Crippen LogP contribution in [0.3, 0.4) is 0 Å². The summed E-state index contributed by atoms with van der Waals surface area (Å²) < 4.78 is 0. The molecule has 0 heterocycles. The van der Waals surface area contributed by atoms with Gasteiger partial charge in [-0.2, -0.15) is 0 Å². The zero-order valence-corrected chi connectivity index (χ0v) is 11.4. The van der Waals surface area contributed by atoms with Crippen molar-refractivity contribution in [2.75, 3.05) is 6.54 Å². The highest BCUT2D eigenvalue weighted by Crippen LogP contribution is 2.16. The van der Waals surface area contributed by atoms with E-state index in [1.165, 1.54) is 19.3 Å². The summed E-state index contributed by atoms with van der Waals surface area (Å²) in [5.41, 5.74) is 5.25. The van der Waals surface area contributed by atoms with Gasteiger partial charge in [0, 0.05) is 6.04 Å². The molecular weight excluding hydrogens is 250 g/mol. The highest BCUT2D eigenvalue weighted by Gasteiger charge is 2.18. The zero-order valence-electron chi connectivity index (χ0n) is 10.5. The molecule has 0 aliphatic heterocycles. The molecule has 0 aromatic heterocycles. The molecule has 0 saturated heterocycles. The van der Waals surface area contributed by atoms with Gasteiger partial charge in [0.15, 0.2) is 0 Å². The number of thiocarbonyl (C=S) groups is 1. The molecule has 2 amide bonds. The molecule has 0 aromatic rings. The van der Waals surface area contributed by atoms with Gasteiger partial charge in [-0.1, -0.05) is 44.3 Å². The third-order valence-electron chi connectivity index (χ3n) is 3.07. The largest absolute Gasteiger partial charge is 0.392 e. The van der Waals surface area contributed by atoms with Crippen LogP contribution in [-0.4, -0.2) is 29.4 Å². The lowest BCUT2D eigenvalue weighted by molar-refractivity contribution is -0.139. The van der Waals surface area contributed by atoms with Crippen LogP contribution in [0.2, 0.25) is 0 Å². The average Bonchev–Trinajstić information content (AvgIpc) is 2.29. The molecule has 102 valence electrons. The van der Waals surface area contributed by atoms with Gasteiger partial charge in [-0.15, -0.1) is 0 Å². The molecule has 0 spiro atoms. The Morgan fingerprint density at radius 1 is 1.06 bits per heavy atom. The second-order valence-electron chi connectivity index (χ2n) is 4.66. The summed E-state index contributed by atoms with van der Waals surface area (Å²) in [5, 5.41) is 5.16. The SMILES string of the molecule is NC(=S)CNC(=O)C(=O)NC1CCCCCCC1. The minimum Gasteiger partial charge on any atom is -0.392 e. The molecule has 0 bridgehead atoms. The van der Waals surface area contributed by atoms with E-state index in [0.29, 0.717) is 0 Å². The Kier molecular flexibility index (Phi) is 6.64. The maximum atomic E-state index is 11.6. The van der Waals surface area contributed by atoms with Gasteiger partial charge in [-0.05, 0) is 12.8 Å². The van der Waals surface area contributed by atoms with E-state index in [1.54, 1.807) is 0 Å². The summed E-state index contributed by atoms with van der Waals surface area (Å²) in [7, 11) is 0. The molecule has 4 N–H and O–H groups in total. The van der Waals surface area contributed by atoms with Crippen LogP contribution in [0.1, 0.15) is 44.9 Å². The summed E-state index contributed by atoms with van der Waals surface area (Å²) in [5.74, 6) is -1.25. The highest BCUT2D eigenvalue weighted by molar-refractivity contribution is 7.80. The predicted octanol–water partition coefficient (Wildman–Crippen LogP) is 0.618. The summed E-state index contributed by atoms with van der Waals surface area (Å²) in [6.07, 6.45) is 7.82. The van der Waals surface area contributed by atoms with Crippen molar-refractivity contribution in [1.29, 1.82) is 0 Å². The number of rotatable bonds is 3. The van der Waals surface area contributed by atoms with E-state index in [9.17, 15) is 9.59 Å². The summed E-state index contributed by atoms with van der Waals surface area (Å²) in [6.45, 7) is 0.0618. The van der Waals surface area contributed by atoms with Crippen LogP contribution in [-0.2, 0) is 9.59 Å². The van der Waals surface area contributed by atoms with Crippen LogP contribution in [0.5, 0.6) is 0 Å². The summed E-state index contributed by atoms with van der Waals surface area (Å²) in [6, 6.07) is 0.119. The Bertz CT molecular complexity index is 312. The quantitative estimate of drug-likeness (QED) is 0.519. The monoisotopic (exact) mass is 271 g/mol. The third kappa shape index (κ3) is 5.95. The first-order valence-corrected chi connectivity index (χ1v) is 6.87. The van der Waals surface area contributed by atoms with Crippen molar-refractivity contribution < 1.29 is 9.59 Å². The van der Waals surface area contributed by atoms with Gasteiger partial charge < -0.3 is 16.4 Å². The predicted molar refractivity (Wildman–Crippen MR) is 74.0 cm³/mol. The second-order valence-corrected chi connectivity index (χ2v) is 5.19. The lowest BCUT2D eigenvalue weighted by Gasteiger charge is -2.20. The first-order chi connectivity index (χ1) is 8.59. The smallest absolute Gasteiger partial charge is 0.309 e. The van der Waals surface area contributed by atoms with E-state index in [4.69, 9.17) is 5.73 Å². The Balaban J connectivity index is 2.32. The molecule has 0 atom stereocenters. The number of nitrogens with one attached hydrogen (secondary N) is 2. The van der Waals surface area contributed by atoms with Gasteiger partial charge in [-0.3, -0.25) is 9.59 Å². The van der Waals surface area contributed by atoms with Gasteiger partial charge >= 0.3 is 11.8 Å². The maximum Gasteiger partial charge on any atom is 0.309 e. The fourth-order valence-corrected chi connectivity index (χ4v) is 2.17. The fourth-order valence-electron chi connectivity index (χ4n) is 2.10. The average molecular weight is 271 g/mol. The molecule has 6 heteroatoms. The van der Waals surface area contributed by atoms with Gasteiger partial charge in [0.05, 0.1) is 11.5 Å². The fraction of sp³-hybridized carbons (Fsp3) is 0.750. The van der Waals surface area contributed by atoms with Gasteiger partial charge in [0.25, 0.3) is 0 Å². The van der Waals surface area contributed by atoms with Crippen LogP contribution >= 0.6 is 12.2 Å². The highest BCUT2D eigenvalue weighted by atomic mass is 32.1. The van der Waals surface area contributed by atoms with Crippen molar-refractivity contribution >= 4 is 29.0 Å². The van der Waals surface area contributed by atoms with Crippen LogP contribution in [0.4, 0.5) is 0 Å². The van der Waals surface area contributed by atoms with Crippen molar-refractivity contribution in [2.24, 2.45) is 5.73 Å². The van der Waals surface area contributed by atoms with Crippen molar-refractivity contribution in [3.05, 3.63) is 0 Å². The lowest BCUT2D eigenvalue weighted by atomic mass is 9.97. The molecule has 0 aromatic carbocycles. The molecule has 1 saturated carbocycles. The van der Waals surface area contributed by atoms with Crippen LogP contribution in [0.25, 0.3) is 0 Å². The number of nitrogens with two attached hydrogens (primary N) is 1. The normalized spacial score (nSPS) is 17.3. The Hall–Kier alpha value is -1.17. The van der Waals surface area contributed by atoms with Gasteiger partial charge in [-0.25, -0.2) is 0 Å². The maximum absolute atomic E-state index is 11.6. The molecule has 1 fully saturated rings. The van der Waals surface area contributed by atoms with Crippen molar-refractivity contribution in [3.63, 3.8) is 0 Å². The molecular formula is C12H21N3O2S. The minimum absolute atomic E-state index is 0.0618. The number of amides is 2. The van der Waals surface area contributed by atoms with E-state index in [2.05, 4.69) is 22.9 Å². The third-order valence-corrected chi connectivity index (χ3v) is 3.21. The van der Waals surface area contributed by atoms with E-state index in [-0.39, 0.29) is 17.6 Å². The molecule has 1 aliphatic carbocycles.